The molecule has 7 heteroatoms. The van der Waals surface area contributed by atoms with E-state index in [9.17, 15) is 14.4 Å². The van der Waals surface area contributed by atoms with Crippen LogP contribution >= 0.6 is 0 Å². The lowest BCUT2D eigenvalue weighted by molar-refractivity contribution is 0.0689. The minimum absolute atomic E-state index is 0.400. The Morgan fingerprint density at radius 3 is 2.58 bits per heavy atom. The predicted molar refractivity (Wildman–Crippen MR) is 42.2 cm³/mol. The van der Waals surface area contributed by atoms with Gasteiger partial charge in [0, 0.05) is 6.07 Å². The van der Waals surface area contributed by atoms with E-state index in [1.54, 1.807) is 0 Å². The lowest BCUT2D eigenvalue weighted by Gasteiger charge is -1.96. The quantitative estimate of drug-likeness (QED) is 0.458. The monoisotopic (exact) mass is 168 g/mol. The summed E-state index contributed by atoms with van der Waals surface area (Å²) >= 11 is 0. The molecular formula is C5H5BN2O4. The van der Waals surface area contributed by atoms with E-state index in [2.05, 4.69) is 0 Å². The highest BCUT2D eigenvalue weighted by atomic mass is 16.4. The molecule has 1 rings (SSSR count). The van der Waals surface area contributed by atoms with Crippen molar-refractivity contribution in [3.8, 4) is 0 Å². The maximum absolute atomic E-state index is 10.8. The minimum Gasteiger partial charge on any atom is -0.477 e. The van der Waals surface area contributed by atoms with Crippen molar-refractivity contribution in [2.75, 3.05) is 0 Å². The van der Waals surface area contributed by atoms with Gasteiger partial charge in [0.05, 0.1) is 0 Å². The van der Waals surface area contributed by atoms with E-state index in [-0.39, 0.29) is 0 Å². The SMILES string of the molecule is Bn1c(=O)cc(C(=O)O)[nH]c1=O. The van der Waals surface area contributed by atoms with E-state index in [0.29, 0.717) is 0 Å². The standard InChI is InChI=1S/C5H5BN2O4/c6-8-3(9)1-2(4(10)11)7-5(8)12/h1H,6H2,(H,7,12)(H,10,11). The van der Waals surface area contributed by atoms with Gasteiger partial charge in [-0.2, -0.15) is 0 Å². The largest absolute Gasteiger partial charge is 0.477 e. The Hall–Kier alpha value is -1.79. The number of H-pyrrole nitrogens is 1. The molecule has 62 valence electrons. The second kappa shape index (κ2) is 2.69. The number of aromatic amines is 1. The van der Waals surface area contributed by atoms with Crippen LogP contribution in [0, 0.1) is 0 Å². The number of aromatic nitrogens is 2. The van der Waals surface area contributed by atoms with Crippen LogP contribution in [-0.2, 0) is 0 Å². The minimum atomic E-state index is -1.33. The number of carbonyl (C=O) groups is 1. The molecule has 1 aromatic rings. The maximum Gasteiger partial charge on any atom is 0.352 e. The van der Waals surface area contributed by atoms with Crippen molar-refractivity contribution in [3.63, 3.8) is 0 Å². The molecule has 6 nitrogen and oxygen atoms in total. The number of carboxylic acid groups (broad SMARTS) is 1. The molecule has 2 N–H and O–H groups in total. The highest BCUT2D eigenvalue weighted by molar-refractivity contribution is 6.06. The van der Waals surface area contributed by atoms with Gasteiger partial charge in [0.15, 0.2) is 0 Å². The number of nitrogens with zero attached hydrogens (tertiary/aromatic N) is 1. The first-order valence-electron chi connectivity index (χ1n) is 3.06. The van der Waals surface area contributed by atoms with Gasteiger partial charge in [0.1, 0.15) is 5.69 Å². The molecule has 1 aromatic heterocycles. The van der Waals surface area contributed by atoms with E-state index >= 15 is 0 Å². The smallest absolute Gasteiger partial charge is 0.352 e. The van der Waals surface area contributed by atoms with Gasteiger partial charge in [0.25, 0.3) is 0 Å². The van der Waals surface area contributed by atoms with Gasteiger partial charge in [-0.15, -0.1) is 0 Å². The van der Waals surface area contributed by atoms with E-state index < -0.39 is 22.9 Å². The molecule has 0 amide bonds. The molecule has 0 radical (unpaired) electrons. The van der Waals surface area contributed by atoms with Gasteiger partial charge in [-0.1, -0.05) is 0 Å². The Labute approximate surface area is 66.9 Å². The third kappa shape index (κ3) is 1.29. The molecule has 0 unspecified atom stereocenters. The van der Waals surface area contributed by atoms with Crippen LogP contribution < -0.4 is 11.2 Å². The maximum atomic E-state index is 10.8. The topological polar surface area (TPSA) is 92.2 Å². The first-order valence-corrected chi connectivity index (χ1v) is 3.06. The van der Waals surface area contributed by atoms with Crippen molar-refractivity contribution in [2.24, 2.45) is 0 Å². The molecule has 0 fully saturated rings. The third-order valence-electron chi connectivity index (χ3n) is 1.38. The van der Waals surface area contributed by atoms with Crippen LogP contribution in [0.25, 0.3) is 0 Å². The zero-order valence-electron chi connectivity index (χ0n) is 6.20. The van der Waals surface area contributed by atoms with Gasteiger partial charge in [0.2, 0.25) is 13.5 Å². The Bertz CT molecular complexity index is 401. The molecule has 0 aliphatic rings. The van der Waals surface area contributed by atoms with Crippen molar-refractivity contribution in [1.82, 2.24) is 9.46 Å². The lowest BCUT2D eigenvalue weighted by atomic mass is 10.3. The summed E-state index contributed by atoms with van der Waals surface area (Å²) in [7, 11) is 1.26. The van der Waals surface area contributed by atoms with Crippen LogP contribution in [0.1, 0.15) is 10.5 Å². The first-order chi connectivity index (χ1) is 5.52. The molecule has 0 spiro atoms. The highest BCUT2D eigenvalue weighted by Crippen LogP contribution is 1.82. The highest BCUT2D eigenvalue weighted by Gasteiger charge is 2.05. The van der Waals surface area contributed by atoms with Gasteiger partial charge in [-0.25, -0.2) is 9.59 Å². The van der Waals surface area contributed by atoms with Crippen LogP contribution in [-0.4, -0.2) is 28.5 Å². The Kier molecular flexibility index (Phi) is 1.86. The number of carboxylic acids is 1. The van der Waals surface area contributed by atoms with Crippen LogP contribution in [0.5, 0.6) is 0 Å². The van der Waals surface area contributed by atoms with Crippen LogP contribution in [0.3, 0.4) is 0 Å². The fourth-order valence-corrected chi connectivity index (χ4v) is 0.671. The van der Waals surface area contributed by atoms with E-state index in [1.165, 1.54) is 7.98 Å². The molecule has 0 aliphatic carbocycles. The fourth-order valence-electron chi connectivity index (χ4n) is 0.671. The lowest BCUT2D eigenvalue weighted by Crippen LogP contribution is -2.35. The van der Waals surface area contributed by atoms with Gasteiger partial charge in [-0.3, -0.25) is 4.79 Å². The average molecular weight is 168 g/mol. The van der Waals surface area contributed by atoms with Crippen molar-refractivity contribution in [1.29, 1.82) is 0 Å². The summed E-state index contributed by atoms with van der Waals surface area (Å²) in [6.07, 6.45) is 0. The van der Waals surface area contributed by atoms with Crippen LogP contribution in [0.2, 0.25) is 0 Å². The summed E-state index contributed by atoms with van der Waals surface area (Å²) in [5.74, 6) is -1.33. The molecule has 0 aromatic carbocycles. The molecule has 0 saturated carbocycles. The molecule has 0 saturated heterocycles. The molecule has 0 bridgehead atoms. The number of aromatic carboxylic acids is 1. The van der Waals surface area contributed by atoms with Crippen molar-refractivity contribution in [2.45, 2.75) is 0 Å². The molecule has 12 heavy (non-hydrogen) atoms. The third-order valence-corrected chi connectivity index (χ3v) is 1.38. The summed E-state index contributed by atoms with van der Waals surface area (Å²) in [6, 6.07) is 0.851. The van der Waals surface area contributed by atoms with E-state index in [0.717, 1.165) is 10.5 Å². The molecule has 0 atom stereocenters. The fraction of sp³-hybridized carbons (Fsp3) is 0. The number of hydrogen-bond donors (Lipinski definition) is 2. The van der Waals surface area contributed by atoms with Gasteiger partial charge >= 0.3 is 11.7 Å². The van der Waals surface area contributed by atoms with E-state index in [1.807, 2.05) is 4.98 Å². The number of hydrogen-bond acceptors (Lipinski definition) is 3. The zero-order chi connectivity index (χ0) is 9.30. The average Bonchev–Trinajstić information content (AvgIpc) is 1.99. The van der Waals surface area contributed by atoms with Crippen molar-refractivity contribution >= 4 is 14.0 Å². The first kappa shape index (κ1) is 8.31. The summed E-state index contributed by atoms with van der Waals surface area (Å²) in [5.41, 5.74) is -1.78. The van der Waals surface area contributed by atoms with Gasteiger partial charge < -0.3 is 14.6 Å². The molecular weight excluding hydrogens is 163 g/mol. The predicted octanol–water partition coefficient (Wildman–Crippen LogP) is -2.37. The van der Waals surface area contributed by atoms with Crippen molar-refractivity contribution < 1.29 is 9.90 Å². The van der Waals surface area contributed by atoms with E-state index in [4.69, 9.17) is 5.11 Å². The van der Waals surface area contributed by atoms with Crippen LogP contribution in [0.15, 0.2) is 15.7 Å². The zero-order valence-corrected chi connectivity index (χ0v) is 6.20. The Balaban J connectivity index is 3.52. The second-order valence-corrected chi connectivity index (χ2v) is 2.19. The summed E-state index contributed by atoms with van der Waals surface area (Å²) < 4.78 is 0.784. The van der Waals surface area contributed by atoms with Gasteiger partial charge in [-0.05, 0) is 0 Å². The number of rotatable bonds is 1. The Morgan fingerprint density at radius 1 is 1.58 bits per heavy atom. The van der Waals surface area contributed by atoms with Crippen molar-refractivity contribution in [3.05, 3.63) is 32.6 Å². The molecule has 1 heterocycles. The summed E-state index contributed by atoms with van der Waals surface area (Å²) in [5, 5.41) is 8.41. The number of nitrogens with one attached hydrogen (secondary N) is 1. The summed E-state index contributed by atoms with van der Waals surface area (Å²) in [4.78, 5) is 34.0. The van der Waals surface area contributed by atoms with Crippen LogP contribution in [0.4, 0.5) is 0 Å². The normalized spacial score (nSPS) is 9.67. The molecule has 0 aliphatic heterocycles. The second-order valence-electron chi connectivity index (χ2n) is 2.19. The Morgan fingerprint density at radius 2 is 2.17 bits per heavy atom. The summed E-state index contributed by atoms with van der Waals surface area (Å²) in [6.45, 7) is 0.